The molecule has 0 saturated carbocycles. The van der Waals surface area contributed by atoms with Crippen LogP contribution in [0.1, 0.15) is 12.5 Å². The van der Waals surface area contributed by atoms with Gasteiger partial charge in [-0.05, 0) is 30.7 Å². The van der Waals surface area contributed by atoms with E-state index in [4.69, 9.17) is 9.47 Å². The van der Waals surface area contributed by atoms with Gasteiger partial charge in [-0.3, -0.25) is 0 Å². The maximum atomic E-state index is 11.2. The van der Waals surface area contributed by atoms with Gasteiger partial charge in [0.15, 0.2) is 11.5 Å². The molecule has 4 heteroatoms. The van der Waals surface area contributed by atoms with Crippen LogP contribution < -0.4 is 9.47 Å². The lowest BCUT2D eigenvalue weighted by atomic mass is 10.1. The van der Waals surface area contributed by atoms with Crippen LogP contribution in [0.15, 0.2) is 23.8 Å². The molecule has 4 nitrogen and oxygen atoms in total. The Balaban J connectivity index is 2.25. The zero-order chi connectivity index (χ0) is 11.5. The van der Waals surface area contributed by atoms with Gasteiger partial charge in [-0.25, -0.2) is 4.79 Å². The van der Waals surface area contributed by atoms with Crippen molar-refractivity contribution in [2.75, 3.05) is 13.9 Å². The van der Waals surface area contributed by atoms with E-state index in [1.54, 1.807) is 13.0 Å². The summed E-state index contributed by atoms with van der Waals surface area (Å²) < 4.78 is 15.0. The monoisotopic (exact) mass is 220 g/mol. The number of hydrogen-bond donors (Lipinski definition) is 0. The Labute approximate surface area is 93.4 Å². The molecule has 0 spiro atoms. The predicted octanol–water partition coefficient (Wildman–Crippen LogP) is 1.99. The normalized spacial score (nSPS) is 13.8. The highest BCUT2D eigenvalue weighted by Gasteiger charge is 2.13. The van der Waals surface area contributed by atoms with Crippen molar-refractivity contribution in [1.82, 2.24) is 0 Å². The average Bonchev–Trinajstić information content (AvgIpc) is 2.75. The highest BCUT2D eigenvalue weighted by molar-refractivity contribution is 5.93. The van der Waals surface area contributed by atoms with Crippen molar-refractivity contribution in [3.8, 4) is 11.5 Å². The third-order valence-corrected chi connectivity index (χ3v) is 2.29. The van der Waals surface area contributed by atoms with Gasteiger partial charge in [0.1, 0.15) is 0 Å². The smallest absolute Gasteiger partial charge is 0.333 e. The Bertz CT molecular complexity index is 448. The Hall–Kier alpha value is -1.97. The molecule has 0 N–H and O–H groups in total. The summed E-state index contributed by atoms with van der Waals surface area (Å²) in [5.41, 5.74) is 1.42. The maximum absolute atomic E-state index is 11.2. The first-order valence-corrected chi connectivity index (χ1v) is 4.87. The van der Waals surface area contributed by atoms with E-state index in [1.807, 2.05) is 18.2 Å². The molecule has 16 heavy (non-hydrogen) atoms. The van der Waals surface area contributed by atoms with E-state index in [0.717, 1.165) is 11.3 Å². The fourth-order valence-electron chi connectivity index (χ4n) is 1.47. The molecule has 2 rings (SSSR count). The van der Waals surface area contributed by atoms with Crippen molar-refractivity contribution in [3.63, 3.8) is 0 Å². The lowest BCUT2D eigenvalue weighted by molar-refractivity contribution is -0.135. The number of rotatable bonds is 2. The van der Waals surface area contributed by atoms with Crippen LogP contribution in [0.2, 0.25) is 0 Å². The molecule has 0 aliphatic carbocycles. The minimum atomic E-state index is -0.335. The second-order valence-corrected chi connectivity index (χ2v) is 3.43. The van der Waals surface area contributed by atoms with Gasteiger partial charge in [-0.2, -0.15) is 0 Å². The van der Waals surface area contributed by atoms with Crippen molar-refractivity contribution >= 4 is 12.0 Å². The fraction of sp³-hybridized carbons (Fsp3) is 0.250. The number of ether oxygens (including phenoxy) is 3. The lowest BCUT2D eigenvalue weighted by Gasteiger charge is -2.00. The van der Waals surface area contributed by atoms with E-state index in [9.17, 15) is 4.79 Å². The third-order valence-electron chi connectivity index (χ3n) is 2.29. The van der Waals surface area contributed by atoms with Gasteiger partial charge in [0.2, 0.25) is 6.79 Å². The summed E-state index contributed by atoms with van der Waals surface area (Å²) in [6.45, 7) is 1.95. The van der Waals surface area contributed by atoms with E-state index in [0.29, 0.717) is 11.3 Å². The molecule has 1 aromatic carbocycles. The second-order valence-electron chi connectivity index (χ2n) is 3.43. The molecule has 1 aliphatic heterocycles. The van der Waals surface area contributed by atoms with E-state index >= 15 is 0 Å². The molecular formula is C12H12O4. The molecule has 0 fully saturated rings. The molecule has 1 aromatic rings. The molecule has 1 heterocycles. The van der Waals surface area contributed by atoms with Gasteiger partial charge in [-0.15, -0.1) is 0 Å². The lowest BCUT2D eigenvalue weighted by Crippen LogP contribution is -2.00. The van der Waals surface area contributed by atoms with Gasteiger partial charge < -0.3 is 14.2 Å². The van der Waals surface area contributed by atoms with Crippen LogP contribution in [0.25, 0.3) is 6.08 Å². The quantitative estimate of drug-likeness (QED) is 0.564. The van der Waals surface area contributed by atoms with Gasteiger partial charge >= 0.3 is 5.97 Å². The number of hydrogen-bond acceptors (Lipinski definition) is 4. The Morgan fingerprint density at radius 1 is 1.38 bits per heavy atom. The SMILES string of the molecule is COC(=O)/C(C)=C\c1ccc2c(c1)OCO2. The molecule has 0 aromatic heterocycles. The first kappa shape index (κ1) is 10.5. The summed E-state index contributed by atoms with van der Waals surface area (Å²) in [5, 5.41) is 0. The Morgan fingerprint density at radius 3 is 2.88 bits per heavy atom. The average molecular weight is 220 g/mol. The van der Waals surface area contributed by atoms with E-state index < -0.39 is 0 Å². The number of benzene rings is 1. The third kappa shape index (κ3) is 2.00. The van der Waals surface area contributed by atoms with E-state index in [1.165, 1.54) is 7.11 Å². The highest BCUT2D eigenvalue weighted by Crippen LogP contribution is 2.33. The predicted molar refractivity (Wildman–Crippen MR) is 58.2 cm³/mol. The zero-order valence-corrected chi connectivity index (χ0v) is 9.15. The number of carbonyl (C=O) groups excluding carboxylic acids is 1. The van der Waals surface area contributed by atoms with Crippen molar-refractivity contribution in [3.05, 3.63) is 29.3 Å². The van der Waals surface area contributed by atoms with E-state index in [-0.39, 0.29) is 12.8 Å². The minimum absolute atomic E-state index is 0.248. The van der Waals surface area contributed by atoms with E-state index in [2.05, 4.69) is 4.74 Å². The number of carbonyl (C=O) groups is 1. The molecule has 1 aliphatic rings. The topological polar surface area (TPSA) is 44.8 Å². The molecule has 0 atom stereocenters. The summed E-state index contributed by atoms with van der Waals surface area (Å²) in [5.74, 6) is 1.09. The maximum Gasteiger partial charge on any atom is 0.333 e. The van der Waals surface area contributed by atoms with Crippen LogP contribution in [0.3, 0.4) is 0 Å². The summed E-state index contributed by atoms with van der Waals surface area (Å²) in [7, 11) is 1.36. The van der Waals surface area contributed by atoms with Crippen molar-refractivity contribution in [1.29, 1.82) is 0 Å². The Kier molecular flexibility index (Phi) is 2.81. The Morgan fingerprint density at radius 2 is 2.12 bits per heavy atom. The van der Waals surface area contributed by atoms with Gasteiger partial charge in [0, 0.05) is 5.57 Å². The molecule has 0 unspecified atom stereocenters. The van der Waals surface area contributed by atoms with Crippen LogP contribution in [0, 0.1) is 0 Å². The highest BCUT2D eigenvalue weighted by atomic mass is 16.7. The number of fused-ring (bicyclic) bond motifs is 1. The van der Waals surface area contributed by atoms with Crippen LogP contribution in [0.4, 0.5) is 0 Å². The molecule has 0 radical (unpaired) electrons. The fourth-order valence-corrected chi connectivity index (χ4v) is 1.47. The first-order chi connectivity index (χ1) is 7.70. The molecular weight excluding hydrogens is 208 g/mol. The van der Waals surface area contributed by atoms with Crippen LogP contribution in [-0.4, -0.2) is 19.9 Å². The number of methoxy groups -OCH3 is 1. The summed E-state index contributed by atoms with van der Waals surface area (Å²) >= 11 is 0. The number of esters is 1. The summed E-state index contributed by atoms with van der Waals surface area (Å²) in [4.78, 5) is 11.2. The van der Waals surface area contributed by atoms with Crippen molar-refractivity contribution in [2.24, 2.45) is 0 Å². The minimum Gasteiger partial charge on any atom is -0.466 e. The van der Waals surface area contributed by atoms with Gasteiger partial charge in [0.05, 0.1) is 7.11 Å². The van der Waals surface area contributed by atoms with Gasteiger partial charge in [-0.1, -0.05) is 6.07 Å². The largest absolute Gasteiger partial charge is 0.466 e. The molecule has 0 saturated heterocycles. The second kappa shape index (κ2) is 4.26. The van der Waals surface area contributed by atoms with Crippen LogP contribution in [0.5, 0.6) is 11.5 Å². The standard InChI is InChI=1S/C12H12O4/c1-8(12(13)14-2)5-9-3-4-10-11(6-9)16-7-15-10/h3-6H,7H2,1-2H3/b8-5-. The summed E-state index contributed by atoms with van der Waals surface area (Å²) in [6.07, 6.45) is 1.74. The first-order valence-electron chi connectivity index (χ1n) is 4.87. The van der Waals surface area contributed by atoms with Gasteiger partial charge in [0.25, 0.3) is 0 Å². The molecule has 0 bridgehead atoms. The zero-order valence-electron chi connectivity index (χ0n) is 9.15. The van der Waals surface area contributed by atoms with Crippen molar-refractivity contribution < 1.29 is 19.0 Å². The van der Waals surface area contributed by atoms with Crippen LogP contribution in [-0.2, 0) is 9.53 Å². The summed E-state index contributed by atoms with van der Waals surface area (Å²) in [6, 6.07) is 5.51. The molecule has 84 valence electrons. The van der Waals surface area contributed by atoms with Crippen molar-refractivity contribution in [2.45, 2.75) is 6.92 Å². The molecule has 0 amide bonds. The van der Waals surface area contributed by atoms with Crippen LogP contribution >= 0.6 is 0 Å².